The summed E-state index contributed by atoms with van der Waals surface area (Å²) in [6, 6.07) is 15.7. The normalized spacial score (nSPS) is 15.3. The van der Waals surface area contributed by atoms with Crippen LogP contribution >= 0.6 is 0 Å². The third-order valence-electron chi connectivity index (χ3n) is 14.2. The van der Waals surface area contributed by atoms with Crippen LogP contribution in [0.15, 0.2) is 48.5 Å². The lowest BCUT2D eigenvalue weighted by Gasteiger charge is -2.37. The van der Waals surface area contributed by atoms with Gasteiger partial charge in [0.1, 0.15) is 11.4 Å². The molecule has 0 spiro atoms. The molecular formula is C50H72N6O4Si2. The van der Waals surface area contributed by atoms with Gasteiger partial charge in [-0.25, -0.2) is 9.97 Å². The average Bonchev–Trinajstić information content (AvgIpc) is 3.18. The highest BCUT2D eigenvalue weighted by atomic mass is 28.4. The number of carbonyl (C=O) groups is 2. The van der Waals surface area contributed by atoms with Crippen molar-refractivity contribution < 1.29 is 18.4 Å². The minimum absolute atomic E-state index is 0.173. The second-order valence-electron chi connectivity index (χ2n) is 20.6. The third kappa shape index (κ3) is 10.7. The Morgan fingerprint density at radius 1 is 0.629 bits per heavy atom. The number of rotatable bonds is 13. The van der Waals surface area contributed by atoms with Gasteiger partial charge in [0.25, 0.3) is 11.8 Å². The second kappa shape index (κ2) is 18.6. The molecule has 0 aliphatic carbocycles. The van der Waals surface area contributed by atoms with Crippen LogP contribution in [0.1, 0.15) is 107 Å². The van der Waals surface area contributed by atoms with E-state index in [1.165, 1.54) is 11.1 Å². The molecule has 0 saturated carbocycles. The number of fused-ring (bicyclic) bond motifs is 2. The van der Waals surface area contributed by atoms with Crippen LogP contribution < -0.4 is 10.6 Å². The third-order valence-corrected chi connectivity index (χ3v) is 23.3. The topological polar surface area (TPSA) is 109 Å². The number of nitrogens with one attached hydrogen (secondary N) is 2. The predicted octanol–water partition coefficient (Wildman–Crippen LogP) is 10.6. The summed E-state index contributed by atoms with van der Waals surface area (Å²) in [6.45, 7) is 37.4. The lowest BCUT2D eigenvalue weighted by molar-refractivity contribution is 0.101. The summed E-state index contributed by atoms with van der Waals surface area (Å²) in [6.07, 6.45) is 1.82. The van der Waals surface area contributed by atoms with E-state index in [2.05, 4.69) is 114 Å². The first-order valence-corrected chi connectivity index (χ1v) is 28.3. The minimum Gasteiger partial charge on any atom is -0.416 e. The number of hydrogen-bond acceptors (Lipinski definition) is 8. The highest BCUT2D eigenvalue weighted by Crippen LogP contribution is 2.38. The molecule has 2 aromatic carbocycles. The summed E-state index contributed by atoms with van der Waals surface area (Å²) >= 11 is 0. The summed E-state index contributed by atoms with van der Waals surface area (Å²) in [5.41, 5.74) is 12.7. The molecule has 2 amide bonds. The molecule has 0 radical (unpaired) electrons. The van der Waals surface area contributed by atoms with Crippen LogP contribution in [0.5, 0.6) is 0 Å². The molecule has 4 aromatic rings. The maximum atomic E-state index is 13.9. The Hall–Kier alpha value is -4.05. The maximum Gasteiger partial charge on any atom is 0.274 e. The largest absolute Gasteiger partial charge is 0.416 e. The molecule has 4 heterocycles. The second-order valence-corrected chi connectivity index (χ2v) is 30.3. The van der Waals surface area contributed by atoms with Gasteiger partial charge in [0, 0.05) is 63.9 Å². The summed E-state index contributed by atoms with van der Waals surface area (Å²) < 4.78 is 12.9. The molecule has 2 aliphatic heterocycles. The van der Waals surface area contributed by atoms with Crippen LogP contribution in [0.2, 0.25) is 36.3 Å². The van der Waals surface area contributed by atoms with Gasteiger partial charge in [0.05, 0.1) is 11.4 Å². The molecule has 2 N–H and O–H groups in total. The molecule has 12 heteroatoms. The first kappa shape index (κ1) is 47.4. The first-order chi connectivity index (χ1) is 29.0. The summed E-state index contributed by atoms with van der Waals surface area (Å²) in [7, 11) is -3.65. The first-order valence-electron chi connectivity index (χ1n) is 22.5. The summed E-state index contributed by atoms with van der Waals surface area (Å²) in [5, 5.41) is 6.69. The number of aryl methyl sites for hydroxylation is 2. The quantitative estimate of drug-likeness (QED) is 0.128. The number of amides is 2. The van der Waals surface area contributed by atoms with Crippen molar-refractivity contribution in [3.8, 4) is 11.1 Å². The maximum absolute atomic E-state index is 13.9. The molecule has 0 saturated heterocycles. The molecule has 0 fully saturated rings. The molecular weight excluding hydrogens is 805 g/mol. The Labute approximate surface area is 373 Å². The number of anilines is 2. The van der Waals surface area contributed by atoms with E-state index < -0.39 is 16.6 Å². The van der Waals surface area contributed by atoms with E-state index in [4.69, 9.17) is 18.8 Å². The van der Waals surface area contributed by atoms with Gasteiger partial charge >= 0.3 is 0 Å². The Kier molecular flexibility index (Phi) is 14.2. The van der Waals surface area contributed by atoms with Crippen LogP contribution in [0, 0.1) is 27.7 Å². The molecule has 0 bridgehead atoms. The number of pyridine rings is 2. The lowest BCUT2D eigenvalue weighted by Crippen LogP contribution is -2.43. The molecule has 6 rings (SSSR count). The highest BCUT2D eigenvalue weighted by molar-refractivity contribution is 6.74. The molecule has 0 unspecified atom stereocenters. The monoisotopic (exact) mass is 877 g/mol. The van der Waals surface area contributed by atoms with Crippen LogP contribution in [0.25, 0.3) is 11.1 Å². The Bertz CT molecular complexity index is 2150. The number of benzene rings is 2. The number of carbonyl (C=O) groups excluding carboxylic acids is 2. The van der Waals surface area contributed by atoms with Gasteiger partial charge < -0.3 is 19.5 Å². The highest BCUT2D eigenvalue weighted by Gasteiger charge is 2.38. The number of aromatic nitrogens is 2. The summed E-state index contributed by atoms with van der Waals surface area (Å²) in [5.74, 6) is -0.467. The fourth-order valence-electron chi connectivity index (χ4n) is 8.00. The molecule has 334 valence electrons. The summed E-state index contributed by atoms with van der Waals surface area (Å²) in [4.78, 5) is 42.4. The molecule has 62 heavy (non-hydrogen) atoms. The lowest BCUT2D eigenvalue weighted by atomic mass is 9.94. The van der Waals surface area contributed by atoms with E-state index in [9.17, 15) is 9.59 Å². The van der Waals surface area contributed by atoms with Crippen LogP contribution in [0.3, 0.4) is 0 Å². The van der Waals surface area contributed by atoms with Crippen molar-refractivity contribution in [2.24, 2.45) is 0 Å². The van der Waals surface area contributed by atoms with E-state index in [0.29, 0.717) is 37.7 Å². The molecule has 0 atom stereocenters. The van der Waals surface area contributed by atoms with Gasteiger partial charge in [0.2, 0.25) is 0 Å². The van der Waals surface area contributed by atoms with Gasteiger partial charge in [-0.15, -0.1) is 0 Å². The van der Waals surface area contributed by atoms with Crippen molar-refractivity contribution in [3.63, 3.8) is 0 Å². The predicted molar refractivity (Wildman–Crippen MR) is 259 cm³/mol. The van der Waals surface area contributed by atoms with Crippen molar-refractivity contribution >= 4 is 39.8 Å². The molecule has 2 aromatic heterocycles. The van der Waals surface area contributed by atoms with Gasteiger partial charge in [-0.2, -0.15) is 0 Å². The van der Waals surface area contributed by atoms with Crippen molar-refractivity contribution in [2.45, 2.75) is 131 Å². The molecule has 10 nitrogen and oxygen atoms in total. The van der Waals surface area contributed by atoms with Crippen molar-refractivity contribution in [2.75, 3.05) is 50.0 Å². The van der Waals surface area contributed by atoms with Crippen molar-refractivity contribution in [1.82, 2.24) is 19.8 Å². The van der Waals surface area contributed by atoms with Gasteiger partial charge in [0.15, 0.2) is 16.6 Å². The fraction of sp³-hybridized carbons (Fsp3) is 0.520. The fourth-order valence-corrected chi connectivity index (χ4v) is 10.1. The van der Waals surface area contributed by atoms with Gasteiger partial charge in [-0.3, -0.25) is 19.4 Å². The zero-order valence-electron chi connectivity index (χ0n) is 40.1. The zero-order chi connectivity index (χ0) is 45.4. The Morgan fingerprint density at radius 3 is 1.35 bits per heavy atom. The van der Waals surface area contributed by atoms with E-state index in [0.717, 1.165) is 95.2 Å². The molecule has 2 aliphatic rings. The van der Waals surface area contributed by atoms with Crippen LogP contribution in [-0.2, 0) is 34.8 Å². The van der Waals surface area contributed by atoms with Crippen molar-refractivity contribution in [1.29, 1.82) is 0 Å². The number of nitrogens with zero attached hydrogens (tertiary/aromatic N) is 4. The van der Waals surface area contributed by atoms with Gasteiger partial charge in [-0.05, 0) is 146 Å². The van der Waals surface area contributed by atoms with E-state index >= 15 is 0 Å². The van der Waals surface area contributed by atoms with Gasteiger partial charge in [-0.1, -0.05) is 65.8 Å². The Balaban J connectivity index is 1.12. The minimum atomic E-state index is -1.82. The van der Waals surface area contributed by atoms with E-state index in [1.807, 2.05) is 50.2 Å². The SMILES string of the molecule is Cc1cc(C(=O)Nc2cccc(-c3cccc(NC(=O)c4cc(C)c5c(n4)CN(CCO[Si](C)(C)C(C)(C)C)CC5)c3C)c2C)nc2c1CCN(CCO[Si](C)(C)C(C)(C)C)C2. The smallest absolute Gasteiger partial charge is 0.274 e. The van der Waals surface area contributed by atoms with Crippen LogP contribution in [-0.4, -0.2) is 87.6 Å². The zero-order valence-corrected chi connectivity index (χ0v) is 42.1. The number of hydrogen-bond donors (Lipinski definition) is 2. The average molecular weight is 877 g/mol. The van der Waals surface area contributed by atoms with Crippen LogP contribution in [0.4, 0.5) is 11.4 Å². The van der Waals surface area contributed by atoms with E-state index in [1.54, 1.807) is 0 Å². The van der Waals surface area contributed by atoms with E-state index in [-0.39, 0.29) is 21.9 Å². The standard InChI is InChI=1S/C50H72N6O4Si2/c1-33-29-43(51-45-31-55(23-21-37(33)45)25-27-59-61(11,12)49(5,6)7)47(57)53-41-19-15-17-39(35(41)3)40-18-16-20-42(36(40)4)54-48(58)44-30-34(2)38-22-24-56(32-46(38)52-44)26-28-60-62(13,14)50(8,9)10/h15-20,29-30H,21-28,31-32H2,1-14H3,(H,53,57)(H,54,58). The van der Waals surface area contributed by atoms with Crippen molar-refractivity contribution in [3.05, 3.63) is 105 Å². The Morgan fingerprint density at radius 2 is 1.00 bits per heavy atom.